The second-order valence-electron chi connectivity index (χ2n) is 5.38. The number of hydrogen-bond acceptors (Lipinski definition) is 4. The van der Waals surface area contributed by atoms with Crippen molar-refractivity contribution in [3.63, 3.8) is 0 Å². The van der Waals surface area contributed by atoms with Crippen LogP contribution < -0.4 is 16.4 Å². The summed E-state index contributed by atoms with van der Waals surface area (Å²) in [4.78, 5) is 17.8. The molecule has 1 atom stereocenters. The van der Waals surface area contributed by atoms with Crippen LogP contribution in [0.4, 0.5) is 11.4 Å². The van der Waals surface area contributed by atoms with Gasteiger partial charge in [-0.25, -0.2) is 0 Å². The van der Waals surface area contributed by atoms with Gasteiger partial charge in [-0.1, -0.05) is 0 Å². The molecular formula is C15H18N4O. The van der Waals surface area contributed by atoms with Crippen molar-refractivity contribution in [2.45, 2.75) is 13.3 Å². The van der Waals surface area contributed by atoms with Crippen LogP contribution in [-0.2, 0) is 4.79 Å². The summed E-state index contributed by atoms with van der Waals surface area (Å²) >= 11 is 0. The molecule has 0 spiro atoms. The van der Waals surface area contributed by atoms with Crippen molar-refractivity contribution in [2.24, 2.45) is 11.7 Å². The van der Waals surface area contributed by atoms with Crippen LogP contribution >= 0.6 is 0 Å². The molecule has 0 bridgehead atoms. The first-order chi connectivity index (χ1) is 9.56. The highest BCUT2D eigenvalue weighted by atomic mass is 16.1. The van der Waals surface area contributed by atoms with E-state index < -0.39 is 0 Å². The summed E-state index contributed by atoms with van der Waals surface area (Å²) < 4.78 is 0. The molecule has 1 saturated heterocycles. The molecule has 1 aliphatic rings. The number of fused-ring (bicyclic) bond motifs is 1. The predicted octanol–water partition coefficient (Wildman–Crippen LogP) is 1.44. The van der Waals surface area contributed by atoms with Crippen LogP contribution in [0.15, 0.2) is 24.4 Å². The molecule has 5 nitrogen and oxygen atoms in total. The summed E-state index contributed by atoms with van der Waals surface area (Å²) in [6.07, 6.45) is 2.62. The van der Waals surface area contributed by atoms with Crippen molar-refractivity contribution >= 4 is 28.1 Å². The van der Waals surface area contributed by atoms with Gasteiger partial charge in [0.05, 0.1) is 5.92 Å². The molecule has 0 aliphatic carbocycles. The summed E-state index contributed by atoms with van der Waals surface area (Å²) in [6, 6.07) is 5.95. The Morgan fingerprint density at radius 1 is 1.40 bits per heavy atom. The van der Waals surface area contributed by atoms with E-state index >= 15 is 0 Å². The monoisotopic (exact) mass is 270 g/mol. The molecule has 104 valence electrons. The van der Waals surface area contributed by atoms with Crippen LogP contribution in [-0.4, -0.2) is 24.0 Å². The SMILES string of the molecule is Cc1cc2c(N3CCC(C(N)=O)C3)ccc(N)c2cn1. The summed E-state index contributed by atoms with van der Waals surface area (Å²) in [5, 5.41) is 2.04. The number of rotatable bonds is 2. The van der Waals surface area contributed by atoms with Crippen LogP contribution in [0.1, 0.15) is 12.1 Å². The highest BCUT2D eigenvalue weighted by molar-refractivity contribution is 6.01. The number of aryl methyl sites for hydroxylation is 1. The molecule has 20 heavy (non-hydrogen) atoms. The van der Waals surface area contributed by atoms with E-state index in [9.17, 15) is 4.79 Å². The number of hydrogen-bond donors (Lipinski definition) is 2. The standard InChI is InChI=1S/C15H18N4O/c1-9-6-11-12(7-18-9)13(16)2-3-14(11)19-5-4-10(8-19)15(17)20/h2-3,6-7,10H,4-5,8,16H2,1H3,(H2,17,20). The Morgan fingerprint density at radius 3 is 2.90 bits per heavy atom. The van der Waals surface area contributed by atoms with Crippen LogP contribution in [0.3, 0.4) is 0 Å². The van der Waals surface area contributed by atoms with E-state index in [2.05, 4.69) is 9.88 Å². The number of carbonyl (C=O) groups excluding carboxylic acids is 1. The molecule has 1 aliphatic heterocycles. The first-order valence-electron chi connectivity index (χ1n) is 6.75. The second-order valence-corrected chi connectivity index (χ2v) is 5.38. The fourth-order valence-electron chi connectivity index (χ4n) is 2.84. The maximum Gasteiger partial charge on any atom is 0.222 e. The zero-order valence-corrected chi connectivity index (χ0v) is 11.5. The van der Waals surface area contributed by atoms with E-state index in [1.54, 1.807) is 0 Å². The summed E-state index contributed by atoms with van der Waals surface area (Å²) in [5.74, 6) is -0.282. The number of nitrogens with zero attached hydrogens (tertiary/aromatic N) is 2. The van der Waals surface area contributed by atoms with Crippen molar-refractivity contribution in [1.29, 1.82) is 0 Å². The number of primary amides is 1. The van der Waals surface area contributed by atoms with Crippen LogP contribution in [0, 0.1) is 12.8 Å². The van der Waals surface area contributed by atoms with Gasteiger partial charge in [0.15, 0.2) is 0 Å². The smallest absolute Gasteiger partial charge is 0.222 e. The van der Waals surface area contributed by atoms with E-state index in [0.29, 0.717) is 6.54 Å². The lowest BCUT2D eigenvalue weighted by Crippen LogP contribution is -2.27. The minimum Gasteiger partial charge on any atom is -0.398 e. The number of anilines is 2. The number of benzene rings is 1. The number of nitrogens with two attached hydrogens (primary N) is 2. The van der Waals surface area contributed by atoms with Gasteiger partial charge in [-0.05, 0) is 31.5 Å². The van der Waals surface area contributed by atoms with Crippen molar-refractivity contribution in [1.82, 2.24) is 4.98 Å². The number of amides is 1. The molecule has 1 fully saturated rings. The Morgan fingerprint density at radius 2 is 2.20 bits per heavy atom. The van der Waals surface area contributed by atoms with Gasteiger partial charge >= 0.3 is 0 Å². The van der Waals surface area contributed by atoms with Crippen molar-refractivity contribution < 1.29 is 4.79 Å². The first kappa shape index (κ1) is 12.7. The van der Waals surface area contributed by atoms with E-state index in [4.69, 9.17) is 11.5 Å². The van der Waals surface area contributed by atoms with Gasteiger partial charge in [-0.15, -0.1) is 0 Å². The van der Waals surface area contributed by atoms with Gasteiger partial charge in [-0.3, -0.25) is 9.78 Å². The third kappa shape index (κ3) is 2.05. The zero-order chi connectivity index (χ0) is 14.3. The number of aromatic nitrogens is 1. The van der Waals surface area contributed by atoms with Gasteiger partial charge in [0.1, 0.15) is 0 Å². The average Bonchev–Trinajstić information content (AvgIpc) is 2.88. The Balaban J connectivity index is 2.06. The molecule has 1 aromatic heterocycles. The lowest BCUT2D eigenvalue weighted by atomic mass is 10.1. The third-order valence-corrected chi connectivity index (χ3v) is 3.98. The second kappa shape index (κ2) is 4.67. The summed E-state index contributed by atoms with van der Waals surface area (Å²) in [5.41, 5.74) is 14.2. The quantitative estimate of drug-likeness (QED) is 0.808. The maximum absolute atomic E-state index is 11.3. The molecule has 0 radical (unpaired) electrons. The Hall–Kier alpha value is -2.30. The van der Waals surface area contributed by atoms with Crippen LogP contribution in [0.5, 0.6) is 0 Å². The highest BCUT2D eigenvalue weighted by Gasteiger charge is 2.27. The zero-order valence-electron chi connectivity index (χ0n) is 11.5. The Kier molecular flexibility index (Phi) is 2.97. The number of pyridine rings is 1. The molecule has 3 rings (SSSR count). The molecule has 1 unspecified atom stereocenters. The largest absolute Gasteiger partial charge is 0.398 e. The molecule has 4 N–H and O–H groups in total. The third-order valence-electron chi connectivity index (χ3n) is 3.98. The van der Waals surface area contributed by atoms with Crippen molar-refractivity contribution in [3.05, 3.63) is 30.1 Å². The molecule has 1 aromatic carbocycles. The maximum atomic E-state index is 11.3. The fraction of sp³-hybridized carbons (Fsp3) is 0.333. The molecule has 0 saturated carbocycles. The van der Waals surface area contributed by atoms with Gasteiger partial charge in [0, 0.05) is 47.1 Å². The van der Waals surface area contributed by atoms with Crippen LogP contribution in [0.25, 0.3) is 10.8 Å². The molecule has 5 heteroatoms. The fourth-order valence-corrected chi connectivity index (χ4v) is 2.84. The van der Waals surface area contributed by atoms with E-state index in [-0.39, 0.29) is 11.8 Å². The van der Waals surface area contributed by atoms with Crippen LogP contribution in [0.2, 0.25) is 0 Å². The van der Waals surface area contributed by atoms with Gasteiger partial charge in [0.25, 0.3) is 0 Å². The topological polar surface area (TPSA) is 85.2 Å². The van der Waals surface area contributed by atoms with E-state index in [0.717, 1.165) is 40.8 Å². The minimum absolute atomic E-state index is 0.0643. The van der Waals surface area contributed by atoms with Gasteiger partial charge < -0.3 is 16.4 Å². The summed E-state index contributed by atoms with van der Waals surface area (Å²) in [7, 11) is 0. The van der Waals surface area contributed by atoms with E-state index in [1.165, 1.54) is 0 Å². The minimum atomic E-state index is -0.218. The molecule has 2 heterocycles. The lowest BCUT2D eigenvalue weighted by Gasteiger charge is -2.21. The lowest BCUT2D eigenvalue weighted by molar-refractivity contribution is -0.121. The van der Waals surface area contributed by atoms with Gasteiger partial charge in [-0.2, -0.15) is 0 Å². The Labute approximate surface area is 117 Å². The molecular weight excluding hydrogens is 252 g/mol. The average molecular weight is 270 g/mol. The van der Waals surface area contributed by atoms with Crippen molar-refractivity contribution in [3.8, 4) is 0 Å². The van der Waals surface area contributed by atoms with Gasteiger partial charge in [0.2, 0.25) is 5.91 Å². The predicted molar refractivity (Wildman–Crippen MR) is 80.4 cm³/mol. The normalized spacial score (nSPS) is 18.6. The number of carbonyl (C=O) groups is 1. The summed E-state index contributed by atoms with van der Waals surface area (Å²) in [6.45, 7) is 3.48. The number of nitrogen functional groups attached to an aromatic ring is 1. The Bertz CT molecular complexity index is 683. The van der Waals surface area contributed by atoms with E-state index in [1.807, 2.05) is 31.3 Å². The highest BCUT2D eigenvalue weighted by Crippen LogP contribution is 2.33. The first-order valence-corrected chi connectivity index (χ1v) is 6.75. The molecule has 1 amide bonds. The molecule has 2 aromatic rings. The van der Waals surface area contributed by atoms with Crippen molar-refractivity contribution in [2.75, 3.05) is 23.7 Å².